The summed E-state index contributed by atoms with van der Waals surface area (Å²) in [6.07, 6.45) is -1.10. The van der Waals surface area contributed by atoms with Gasteiger partial charge in [0.25, 0.3) is 5.91 Å². The first-order chi connectivity index (χ1) is 15.2. The summed E-state index contributed by atoms with van der Waals surface area (Å²) in [6.45, 7) is 2.97. The number of carbonyl (C=O) groups excluding carboxylic acids is 2. The summed E-state index contributed by atoms with van der Waals surface area (Å²) in [4.78, 5) is 36.2. The van der Waals surface area contributed by atoms with Gasteiger partial charge in [-0.1, -0.05) is 6.07 Å². The predicted molar refractivity (Wildman–Crippen MR) is 113 cm³/mol. The number of ether oxygens (including phenoxy) is 2. The minimum absolute atomic E-state index is 0.199. The summed E-state index contributed by atoms with van der Waals surface area (Å²) in [7, 11) is 1.39. The van der Waals surface area contributed by atoms with Crippen molar-refractivity contribution in [3.8, 4) is 11.5 Å². The average Bonchev–Trinajstić information content (AvgIpc) is 2.74. The van der Waals surface area contributed by atoms with Crippen LogP contribution in [0.5, 0.6) is 11.5 Å². The summed E-state index contributed by atoms with van der Waals surface area (Å²) in [6, 6.07) is 8.62. The van der Waals surface area contributed by atoms with E-state index in [1.807, 2.05) is 0 Å². The Morgan fingerprint density at radius 1 is 1.16 bits per heavy atom. The van der Waals surface area contributed by atoms with Gasteiger partial charge in [-0.15, -0.1) is 0 Å². The number of carbonyl (C=O) groups is 3. The zero-order valence-electron chi connectivity index (χ0n) is 17.6. The van der Waals surface area contributed by atoms with Crippen molar-refractivity contribution in [1.29, 1.82) is 0 Å². The minimum atomic E-state index is -1.14. The second-order valence-corrected chi connectivity index (χ2v) is 7.04. The lowest BCUT2D eigenvalue weighted by Crippen LogP contribution is -2.46. The summed E-state index contributed by atoms with van der Waals surface area (Å²) >= 11 is 0. The van der Waals surface area contributed by atoms with E-state index in [1.165, 1.54) is 44.4 Å². The summed E-state index contributed by atoms with van der Waals surface area (Å²) in [5.74, 6) is -1.64. The molecule has 0 bridgehead atoms. The number of urea groups is 1. The lowest BCUT2D eigenvalue weighted by molar-refractivity contribution is -0.144. The van der Waals surface area contributed by atoms with Gasteiger partial charge in [-0.25, -0.2) is 14.0 Å². The number of halogens is 1. The molecule has 0 saturated carbocycles. The van der Waals surface area contributed by atoms with Crippen molar-refractivity contribution in [2.45, 2.75) is 26.0 Å². The van der Waals surface area contributed by atoms with Crippen LogP contribution in [0, 0.1) is 5.82 Å². The van der Waals surface area contributed by atoms with Gasteiger partial charge in [0.05, 0.1) is 18.7 Å². The Morgan fingerprint density at radius 3 is 2.47 bits per heavy atom. The lowest BCUT2D eigenvalue weighted by atomic mass is 9.94. The van der Waals surface area contributed by atoms with Crippen molar-refractivity contribution in [2.24, 2.45) is 0 Å². The Balaban J connectivity index is 1.93. The van der Waals surface area contributed by atoms with Gasteiger partial charge >= 0.3 is 12.0 Å². The number of aliphatic carboxylic acids is 1. The molecule has 10 heteroatoms. The van der Waals surface area contributed by atoms with E-state index in [4.69, 9.17) is 14.6 Å². The van der Waals surface area contributed by atoms with E-state index >= 15 is 0 Å². The monoisotopic (exact) mass is 443 g/mol. The number of amides is 3. The number of anilines is 1. The molecule has 9 nitrogen and oxygen atoms in total. The van der Waals surface area contributed by atoms with E-state index in [9.17, 15) is 18.8 Å². The molecule has 1 aliphatic rings. The number of carboxylic acids is 1. The molecule has 0 saturated heterocycles. The fourth-order valence-electron chi connectivity index (χ4n) is 3.18. The van der Waals surface area contributed by atoms with E-state index in [1.54, 1.807) is 19.1 Å². The lowest BCUT2D eigenvalue weighted by Gasteiger charge is -2.29. The van der Waals surface area contributed by atoms with Crippen molar-refractivity contribution in [2.75, 3.05) is 12.4 Å². The van der Waals surface area contributed by atoms with Crippen LogP contribution in [0.2, 0.25) is 0 Å². The van der Waals surface area contributed by atoms with Crippen molar-refractivity contribution >= 4 is 23.6 Å². The van der Waals surface area contributed by atoms with Gasteiger partial charge in [-0.2, -0.15) is 0 Å². The number of methoxy groups -OCH3 is 1. The molecule has 2 aromatic rings. The summed E-state index contributed by atoms with van der Waals surface area (Å²) in [5.41, 5.74) is 1.48. The number of hydrogen-bond donors (Lipinski definition) is 4. The molecule has 168 valence electrons. The molecule has 0 fully saturated rings. The molecule has 0 radical (unpaired) electrons. The third kappa shape index (κ3) is 4.97. The smallest absolute Gasteiger partial charge is 0.344 e. The molecule has 0 aliphatic carbocycles. The van der Waals surface area contributed by atoms with Gasteiger partial charge in [-0.3, -0.25) is 4.79 Å². The Kier molecular flexibility index (Phi) is 6.62. The van der Waals surface area contributed by atoms with E-state index in [0.717, 1.165) is 0 Å². The maximum atomic E-state index is 13.2. The first kappa shape index (κ1) is 22.6. The van der Waals surface area contributed by atoms with E-state index in [2.05, 4.69) is 16.0 Å². The van der Waals surface area contributed by atoms with Crippen LogP contribution in [0.1, 0.15) is 25.5 Å². The number of allylic oxidation sites excluding steroid dienone is 1. The van der Waals surface area contributed by atoms with Crippen molar-refractivity contribution < 1.29 is 33.4 Å². The third-order valence-corrected chi connectivity index (χ3v) is 4.79. The summed E-state index contributed by atoms with van der Waals surface area (Å²) in [5, 5.41) is 17.0. The van der Waals surface area contributed by atoms with Crippen LogP contribution in [0.25, 0.3) is 0 Å². The predicted octanol–water partition coefficient (Wildman–Crippen LogP) is 2.95. The minimum Gasteiger partial charge on any atom is -0.493 e. The SMILES string of the molecule is COc1cc([C@@H]2NC(=O)NC(C)=C2C(=O)Nc2ccc(F)cc2)ccc1O[C@@H](C)C(=O)O. The number of rotatable bonds is 7. The normalized spacial score (nSPS) is 16.5. The highest BCUT2D eigenvalue weighted by molar-refractivity contribution is 6.06. The molecule has 2 aromatic carbocycles. The van der Waals surface area contributed by atoms with Gasteiger partial charge < -0.3 is 30.5 Å². The maximum Gasteiger partial charge on any atom is 0.344 e. The molecule has 2 atom stereocenters. The molecule has 3 rings (SSSR count). The zero-order valence-corrected chi connectivity index (χ0v) is 17.6. The van der Waals surface area contributed by atoms with Gasteiger partial charge in [-0.05, 0) is 55.8 Å². The first-order valence-electron chi connectivity index (χ1n) is 9.62. The molecule has 3 amide bonds. The molecule has 0 aromatic heterocycles. The molecular weight excluding hydrogens is 421 g/mol. The van der Waals surface area contributed by atoms with Gasteiger partial charge in [0.2, 0.25) is 0 Å². The Morgan fingerprint density at radius 2 is 1.84 bits per heavy atom. The fraction of sp³-hybridized carbons (Fsp3) is 0.227. The second-order valence-electron chi connectivity index (χ2n) is 7.04. The van der Waals surface area contributed by atoms with Crippen LogP contribution in [-0.2, 0) is 9.59 Å². The standard InChI is InChI=1S/C22H22FN3O6/c1-11-18(20(27)25-15-7-5-14(23)6-8-15)19(26-22(30)24-11)13-4-9-16(17(10-13)31-3)32-12(2)21(28)29/h4-10,12,19H,1-3H3,(H,25,27)(H,28,29)(H2,24,26,30)/t12-,19-/m0/s1. The quantitative estimate of drug-likeness (QED) is 0.521. The highest BCUT2D eigenvalue weighted by Crippen LogP contribution is 2.35. The molecule has 0 spiro atoms. The van der Waals surface area contributed by atoms with Crippen LogP contribution >= 0.6 is 0 Å². The van der Waals surface area contributed by atoms with Crippen LogP contribution in [0.15, 0.2) is 53.7 Å². The molecular formula is C22H22FN3O6. The number of benzene rings is 2. The zero-order chi connectivity index (χ0) is 23.4. The summed E-state index contributed by atoms with van der Waals surface area (Å²) < 4.78 is 23.9. The molecule has 4 N–H and O–H groups in total. The molecule has 32 heavy (non-hydrogen) atoms. The molecule has 0 unspecified atom stereocenters. The van der Waals surface area contributed by atoms with Crippen LogP contribution in [0.3, 0.4) is 0 Å². The van der Waals surface area contributed by atoms with E-state index < -0.39 is 35.9 Å². The van der Waals surface area contributed by atoms with Crippen LogP contribution < -0.4 is 25.4 Å². The van der Waals surface area contributed by atoms with Crippen LogP contribution in [0.4, 0.5) is 14.9 Å². The van der Waals surface area contributed by atoms with Crippen molar-refractivity contribution in [3.05, 3.63) is 65.1 Å². The maximum absolute atomic E-state index is 13.2. The van der Waals surface area contributed by atoms with Crippen LogP contribution in [-0.4, -0.2) is 36.2 Å². The third-order valence-electron chi connectivity index (χ3n) is 4.79. The second kappa shape index (κ2) is 9.38. The first-order valence-corrected chi connectivity index (χ1v) is 9.62. The molecule has 1 aliphatic heterocycles. The highest BCUT2D eigenvalue weighted by atomic mass is 19.1. The van der Waals surface area contributed by atoms with E-state index in [0.29, 0.717) is 16.9 Å². The van der Waals surface area contributed by atoms with E-state index in [-0.39, 0.29) is 17.1 Å². The van der Waals surface area contributed by atoms with Gasteiger partial charge in [0.1, 0.15) is 5.82 Å². The largest absolute Gasteiger partial charge is 0.493 e. The van der Waals surface area contributed by atoms with Crippen molar-refractivity contribution in [1.82, 2.24) is 10.6 Å². The number of nitrogens with one attached hydrogen (secondary N) is 3. The van der Waals surface area contributed by atoms with Gasteiger partial charge in [0, 0.05) is 11.4 Å². The van der Waals surface area contributed by atoms with Gasteiger partial charge in [0.15, 0.2) is 17.6 Å². The Hall–Kier alpha value is -4.08. The Bertz CT molecular complexity index is 1080. The Labute approximate surface area is 183 Å². The number of hydrogen-bond acceptors (Lipinski definition) is 5. The topological polar surface area (TPSA) is 126 Å². The molecule has 1 heterocycles. The average molecular weight is 443 g/mol. The fourth-order valence-corrected chi connectivity index (χ4v) is 3.18. The number of carboxylic acid groups (broad SMARTS) is 1. The van der Waals surface area contributed by atoms with Crippen molar-refractivity contribution in [3.63, 3.8) is 0 Å². The highest BCUT2D eigenvalue weighted by Gasteiger charge is 2.32.